The van der Waals surface area contributed by atoms with Gasteiger partial charge >= 0.3 is 0 Å². The maximum Gasteiger partial charge on any atom is 0.130 e. The second kappa shape index (κ2) is 2.88. The lowest BCUT2D eigenvalue weighted by atomic mass is 10.1. The van der Waals surface area contributed by atoms with Gasteiger partial charge in [0.1, 0.15) is 5.82 Å². The third kappa shape index (κ3) is 1.49. The van der Waals surface area contributed by atoms with Crippen LogP contribution in [0.3, 0.4) is 0 Å². The van der Waals surface area contributed by atoms with E-state index in [9.17, 15) is 4.39 Å². The van der Waals surface area contributed by atoms with Gasteiger partial charge in [-0.15, -0.1) is 0 Å². The zero-order valence-electron chi connectivity index (χ0n) is 6.34. The topological polar surface area (TPSA) is 52.0 Å². The number of hydrogen-bond acceptors (Lipinski definition) is 2. The van der Waals surface area contributed by atoms with Gasteiger partial charge < -0.3 is 11.5 Å². The molecule has 0 spiro atoms. The van der Waals surface area contributed by atoms with Crippen molar-refractivity contribution in [3.8, 4) is 0 Å². The van der Waals surface area contributed by atoms with Crippen LogP contribution in [-0.2, 0) is 0 Å². The molecule has 1 aromatic rings. The van der Waals surface area contributed by atoms with Crippen molar-refractivity contribution in [2.45, 2.75) is 13.0 Å². The Kier molecular flexibility index (Phi) is 2.10. The van der Waals surface area contributed by atoms with Crippen LogP contribution in [0.2, 0.25) is 0 Å². The molecule has 0 aliphatic heterocycles. The molecule has 0 heterocycles. The largest absolute Gasteiger partial charge is 0.398 e. The van der Waals surface area contributed by atoms with E-state index in [1.807, 2.05) is 0 Å². The Bertz CT molecular complexity index is 238. The van der Waals surface area contributed by atoms with Crippen molar-refractivity contribution in [3.05, 3.63) is 29.6 Å². The van der Waals surface area contributed by atoms with Crippen LogP contribution in [-0.4, -0.2) is 0 Å². The zero-order chi connectivity index (χ0) is 8.43. The molecule has 0 aliphatic rings. The first-order chi connectivity index (χ1) is 5.13. The molecule has 11 heavy (non-hydrogen) atoms. The van der Waals surface area contributed by atoms with Crippen molar-refractivity contribution in [1.29, 1.82) is 0 Å². The van der Waals surface area contributed by atoms with Crippen LogP contribution in [0.1, 0.15) is 18.5 Å². The van der Waals surface area contributed by atoms with Gasteiger partial charge in [-0.1, -0.05) is 6.07 Å². The second-order valence-electron chi connectivity index (χ2n) is 2.53. The predicted octanol–water partition coefficient (Wildman–Crippen LogP) is 1.43. The molecule has 1 unspecified atom stereocenters. The first-order valence-corrected chi connectivity index (χ1v) is 3.42. The van der Waals surface area contributed by atoms with Crippen molar-refractivity contribution in [3.63, 3.8) is 0 Å². The molecule has 2 nitrogen and oxygen atoms in total. The molecule has 0 radical (unpaired) electrons. The number of nitrogens with two attached hydrogens (primary N) is 2. The number of anilines is 1. The van der Waals surface area contributed by atoms with Gasteiger partial charge in [0, 0.05) is 17.3 Å². The molecule has 0 fully saturated rings. The minimum Gasteiger partial charge on any atom is -0.398 e. The van der Waals surface area contributed by atoms with E-state index in [0.717, 1.165) is 0 Å². The molecule has 0 saturated heterocycles. The molecule has 60 valence electrons. The Hall–Kier alpha value is -1.09. The Balaban J connectivity index is 3.21. The van der Waals surface area contributed by atoms with Gasteiger partial charge in [-0.3, -0.25) is 0 Å². The van der Waals surface area contributed by atoms with Crippen molar-refractivity contribution in [1.82, 2.24) is 0 Å². The molecule has 0 amide bonds. The summed E-state index contributed by atoms with van der Waals surface area (Å²) < 4.78 is 12.9. The van der Waals surface area contributed by atoms with E-state index in [0.29, 0.717) is 11.3 Å². The maximum atomic E-state index is 12.9. The third-order valence-electron chi connectivity index (χ3n) is 1.54. The average molecular weight is 154 g/mol. The van der Waals surface area contributed by atoms with Crippen molar-refractivity contribution in [2.24, 2.45) is 5.73 Å². The Labute approximate surface area is 65.0 Å². The summed E-state index contributed by atoms with van der Waals surface area (Å²) in [5, 5.41) is 0. The highest BCUT2D eigenvalue weighted by molar-refractivity contribution is 5.48. The summed E-state index contributed by atoms with van der Waals surface area (Å²) in [6.45, 7) is 1.70. The first kappa shape index (κ1) is 8.01. The Morgan fingerprint density at radius 2 is 2.09 bits per heavy atom. The van der Waals surface area contributed by atoms with Crippen molar-refractivity contribution in [2.75, 3.05) is 5.73 Å². The molecule has 0 saturated carbocycles. The first-order valence-electron chi connectivity index (χ1n) is 3.42. The van der Waals surface area contributed by atoms with Crippen LogP contribution in [0.4, 0.5) is 10.1 Å². The maximum absolute atomic E-state index is 12.9. The Morgan fingerprint density at radius 3 is 2.45 bits per heavy atom. The zero-order valence-corrected chi connectivity index (χ0v) is 6.34. The highest BCUT2D eigenvalue weighted by Crippen LogP contribution is 2.20. The SMILES string of the molecule is CC(N)c1c(N)cccc1F. The van der Waals surface area contributed by atoms with E-state index >= 15 is 0 Å². The minimum absolute atomic E-state index is 0.333. The van der Waals surface area contributed by atoms with Crippen LogP contribution >= 0.6 is 0 Å². The fourth-order valence-corrected chi connectivity index (χ4v) is 1.03. The summed E-state index contributed by atoms with van der Waals surface area (Å²) >= 11 is 0. The van der Waals surface area contributed by atoms with E-state index in [1.54, 1.807) is 19.1 Å². The fourth-order valence-electron chi connectivity index (χ4n) is 1.03. The highest BCUT2D eigenvalue weighted by Gasteiger charge is 2.08. The summed E-state index contributed by atoms with van der Waals surface area (Å²) in [6.07, 6.45) is 0. The van der Waals surface area contributed by atoms with E-state index < -0.39 is 0 Å². The second-order valence-corrected chi connectivity index (χ2v) is 2.53. The molecule has 1 aromatic carbocycles. The lowest BCUT2D eigenvalue weighted by molar-refractivity contribution is 0.595. The average Bonchev–Trinajstić information content (AvgIpc) is 1.85. The lowest BCUT2D eigenvalue weighted by Crippen LogP contribution is -2.10. The number of benzene rings is 1. The minimum atomic E-state index is -0.351. The standard InChI is InChI=1S/C8H11FN2/c1-5(10)8-6(9)3-2-4-7(8)11/h2-5H,10-11H2,1H3. The van der Waals surface area contributed by atoms with Gasteiger partial charge in [0.2, 0.25) is 0 Å². The van der Waals surface area contributed by atoms with E-state index in [1.165, 1.54) is 6.07 Å². The molecule has 0 bridgehead atoms. The summed E-state index contributed by atoms with van der Waals surface area (Å²) in [6, 6.07) is 4.21. The van der Waals surface area contributed by atoms with Gasteiger partial charge in [-0.05, 0) is 19.1 Å². The number of nitrogen functional groups attached to an aromatic ring is 1. The molecule has 0 aromatic heterocycles. The summed E-state index contributed by atoms with van der Waals surface area (Å²) in [4.78, 5) is 0. The molecule has 0 aliphatic carbocycles. The van der Waals surface area contributed by atoms with Crippen LogP contribution in [0.5, 0.6) is 0 Å². The van der Waals surface area contributed by atoms with E-state index in [-0.39, 0.29) is 11.9 Å². The number of hydrogen-bond donors (Lipinski definition) is 2. The monoisotopic (exact) mass is 154 g/mol. The summed E-state index contributed by atoms with van der Waals surface area (Å²) in [7, 11) is 0. The van der Waals surface area contributed by atoms with E-state index in [4.69, 9.17) is 11.5 Å². The lowest BCUT2D eigenvalue weighted by Gasteiger charge is -2.09. The molecule has 1 rings (SSSR count). The Morgan fingerprint density at radius 1 is 1.45 bits per heavy atom. The highest BCUT2D eigenvalue weighted by atomic mass is 19.1. The number of halogens is 1. The summed E-state index contributed by atoms with van der Waals surface area (Å²) in [5.74, 6) is -0.333. The van der Waals surface area contributed by atoms with Crippen LogP contribution in [0.15, 0.2) is 18.2 Å². The van der Waals surface area contributed by atoms with Crippen molar-refractivity contribution < 1.29 is 4.39 Å². The molecular weight excluding hydrogens is 143 g/mol. The fraction of sp³-hybridized carbons (Fsp3) is 0.250. The van der Waals surface area contributed by atoms with Gasteiger partial charge in [0.15, 0.2) is 0 Å². The predicted molar refractivity (Wildman–Crippen MR) is 43.4 cm³/mol. The molecule has 1 atom stereocenters. The quantitative estimate of drug-likeness (QED) is 0.601. The van der Waals surface area contributed by atoms with Crippen LogP contribution < -0.4 is 11.5 Å². The van der Waals surface area contributed by atoms with E-state index in [2.05, 4.69) is 0 Å². The van der Waals surface area contributed by atoms with Gasteiger partial charge in [0.25, 0.3) is 0 Å². The third-order valence-corrected chi connectivity index (χ3v) is 1.54. The van der Waals surface area contributed by atoms with Crippen LogP contribution in [0.25, 0.3) is 0 Å². The van der Waals surface area contributed by atoms with Gasteiger partial charge in [0.05, 0.1) is 0 Å². The number of rotatable bonds is 1. The molecule has 3 heteroatoms. The normalized spacial score (nSPS) is 13.0. The van der Waals surface area contributed by atoms with Gasteiger partial charge in [-0.2, -0.15) is 0 Å². The molecular formula is C8H11FN2. The summed E-state index contributed by atoms with van der Waals surface area (Å²) in [5.41, 5.74) is 11.8. The smallest absolute Gasteiger partial charge is 0.130 e. The van der Waals surface area contributed by atoms with Crippen molar-refractivity contribution >= 4 is 5.69 Å². The van der Waals surface area contributed by atoms with Gasteiger partial charge in [-0.25, -0.2) is 4.39 Å². The van der Waals surface area contributed by atoms with Crippen LogP contribution in [0, 0.1) is 5.82 Å². The molecule has 4 N–H and O–H groups in total.